The van der Waals surface area contributed by atoms with Crippen LogP contribution in [0, 0.1) is 0 Å². The van der Waals surface area contributed by atoms with Gasteiger partial charge in [-0.05, 0) is 24.1 Å². The maximum absolute atomic E-state index is 12.0. The first-order valence-electron chi connectivity index (χ1n) is 7.29. The molecule has 2 aromatic rings. The maximum atomic E-state index is 12.0. The Hall–Kier alpha value is -1.98. The van der Waals surface area contributed by atoms with Gasteiger partial charge in [-0.2, -0.15) is 0 Å². The first kappa shape index (κ1) is 22.0. The van der Waals surface area contributed by atoms with Crippen LogP contribution in [-0.2, 0) is 17.8 Å². The fourth-order valence-corrected chi connectivity index (χ4v) is 2.26. The van der Waals surface area contributed by atoms with Gasteiger partial charge in [-0.25, -0.2) is 4.98 Å². The lowest BCUT2D eigenvalue weighted by Gasteiger charge is -2.16. The summed E-state index contributed by atoms with van der Waals surface area (Å²) in [6, 6.07) is 11.5. The Bertz CT molecular complexity index is 650. The van der Waals surface area contributed by atoms with Crippen LogP contribution in [0.15, 0.2) is 42.6 Å². The largest absolute Gasteiger partial charge is 0.399 e. The molecule has 0 bridgehead atoms. The monoisotopic (exact) mass is 370 g/mol. The molecular formula is C17H24Cl2N4O. The molecule has 3 N–H and O–H groups in total. The number of halogens is 2. The lowest BCUT2D eigenvalue weighted by molar-refractivity contribution is -0.121. The highest BCUT2D eigenvalue weighted by Crippen LogP contribution is 2.15. The van der Waals surface area contributed by atoms with Crippen molar-refractivity contribution in [3.8, 4) is 0 Å². The Labute approximate surface area is 155 Å². The summed E-state index contributed by atoms with van der Waals surface area (Å²) >= 11 is 0. The predicted octanol–water partition coefficient (Wildman–Crippen LogP) is 2.82. The Morgan fingerprint density at radius 1 is 1.12 bits per heavy atom. The fourth-order valence-electron chi connectivity index (χ4n) is 2.26. The van der Waals surface area contributed by atoms with Crippen molar-refractivity contribution in [3.63, 3.8) is 0 Å². The quantitative estimate of drug-likeness (QED) is 0.766. The number of pyridine rings is 1. The van der Waals surface area contributed by atoms with Crippen molar-refractivity contribution in [3.05, 3.63) is 53.7 Å². The summed E-state index contributed by atoms with van der Waals surface area (Å²) in [4.78, 5) is 18.3. The average Bonchev–Trinajstić information content (AvgIpc) is 2.52. The van der Waals surface area contributed by atoms with Crippen LogP contribution in [0.3, 0.4) is 0 Å². The minimum absolute atomic E-state index is 0. The molecule has 2 rings (SSSR count). The first-order chi connectivity index (χ1) is 10.6. The standard InChI is InChI=1S/C17H22N4O.2ClH/c1-21(2)17-14(7-5-11-19-17)12-20-16(22)10-9-13-6-3-4-8-15(13)18;;/h3-8,11H,9-10,12,18H2,1-2H3,(H,20,22);2*1H. The maximum Gasteiger partial charge on any atom is 0.220 e. The number of hydrogen-bond donors (Lipinski definition) is 2. The number of rotatable bonds is 6. The molecule has 7 heteroatoms. The van der Waals surface area contributed by atoms with Crippen LogP contribution in [-0.4, -0.2) is 25.0 Å². The second-order valence-corrected chi connectivity index (χ2v) is 5.36. The summed E-state index contributed by atoms with van der Waals surface area (Å²) in [6.07, 6.45) is 2.82. The summed E-state index contributed by atoms with van der Waals surface area (Å²) in [6.45, 7) is 0.477. The minimum atomic E-state index is 0. The van der Waals surface area contributed by atoms with Crippen LogP contribution >= 0.6 is 24.8 Å². The Balaban J connectivity index is 0.00000264. The van der Waals surface area contributed by atoms with Crippen molar-refractivity contribution < 1.29 is 4.79 Å². The van der Waals surface area contributed by atoms with Gasteiger partial charge in [-0.3, -0.25) is 4.79 Å². The highest BCUT2D eigenvalue weighted by Gasteiger charge is 2.08. The number of aromatic nitrogens is 1. The molecule has 0 aliphatic heterocycles. The molecule has 132 valence electrons. The number of nitrogens with zero attached hydrogens (tertiary/aromatic N) is 2. The van der Waals surface area contributed by atoms with E-state index in [-0.39, 0.29) is 30.7 Å². The Morgan fingerprint density at radius 2 is 1.79 bits per heavy atom. The molecule has 1 aromatic heterocycles. The Kier molecular flexibility index (Phi) is 9.85. The van der Waals surface area contributed by atoms with E-state index < -0.39 is 0 Å². The third-order valence-electron chi connectivity index (χ3n) is 3.44. The summed E-state index contributed by atoms with van der Waals surface area (Å²) in [5, 5.41) is 2.94. The predicted molar refractivity (Wildman–Crippen MR) is 104 cm³/mol. The number of amides is 1. The topological polar surface area (TPSA) is 71.2 Å². The van der Waals surface area contributed by atoms with Gasteiger partial charge in [0.25, 0.3) is 0 Å². The molecule has 0 saturated carbocycles. The summed E-state index contributed by atoms with van der Waals surface area (Å²) in [7, 11) is 3.87. The minimum Gasteiger partial charge on any atom is -0.399 e. The summed E-state index contributed by atoms with van der Waals surface area (Å²) in [5.41, 5.74) is 8.62. The zero-order chi connectivity index (χ0) is 15.9. The van der Waals surface area contributed by atoms with Gasteiger partial charge in [0.05, 0.1) is 0 Å². The lowest BCUT2D eigenvalue weighted by atomic mass is 10.1. The van der Waals surface area contributed by atoms with Crippen LogP contribution in [0.1, 0.15) is 17.5 Å². The second kappa shape index (κ2) is 10.7. The van der Waals surface area contributed by atoms with Crippen molar-refractivity contribution in [1.82, 2.24) is 10.3 Å². The van der Waals surface area contributed by atoms with Crippen molar-refractivity contribution in [1.29, 1.82) is 0 Å². The number of nitrogen functional groups attached to an aromatic ring is 1. The van der Waals surface area contributed by atoms with Gasteiger partial charge in [-0.1, -0.05) is 24.3 Å². The smallest absolute Gasteiger partial charge is 0.220 e. The molecule has 1 aromatic carbocycles. The van der Waals surface area contributed by atoms with Gasteiger partial charge in [0.1, 0.15) is 5.82 Å². The Morgan fingerprint density at radius 3 is 2.46 bits per heavy atom. The van der Waals surface area contributed by atoms with Gasteiger partial charge in [0.15, 0.2) is 0 Å². The van der Waals surface area contributed by atoms with E-state index >= 15 is 0 Å². The molecule has 0 fully saturated rings. The first-order valence-corrected chi connectivity index (χ1v) is 7.29. The molecule has 0 spiro atoms. The van der Waals surface area contributed by atoms with Gasteiger partial charge in [0, 0.05) is 44.5 Å². The van der Waals surface area contributed by atoms with E-state index in [2.05, 4.69) is 10.3 Å². The van der Waals surface area contributed by atoms with Crippen molar-refractivity contribution in [2.75, 3.05) is 24.7 Å². The zero-order valence-corrected chi connectivity index (χ0v) is 15.5. The molecule has 0 atom stereocenters. The highest BCUT2D eigenvalue weighted by atomic mass is 35.5. The van der Waals surface area contributed by atoms with E-state index in [1.165, 1.54) is 0 Å². The molecule has 1 heterocycles. The van der Waals surface area contributed by atoms with Gasteiger partial charge >= 0.3 is 0 Å². The molecular weight excluding hydrogens is 347 g/mol. The van der Waals surface area contributed by atoms with E-state index in [1.807, 2.05) is 55.4 Å². The van der Waals surface area contributed by atoms with Crippen LogP contribution < -0.4 is 16.0 Å². The number of para-hydroxylation sites is 1. The van der Waals surface area contributed by atoms with Gasteiger partial charge in [0.2, 0.25) is 5.91 Å². The molecule has 0 unspecified atom stereocenters. The number of carbonyl (C=O) groups is 1. The van der Waals surface area contributed by atoms with Crippen LogP contribution in [0.4, 0.5) is 11.5 Å². The zero-order valence-electron chi connectivity index (χ0n) is 13.9. The molecule has 5 nitrogen and oxygen atoms in total. The van der Waals surface area contributed by atoms with E-state index in [9.17, 15) is 4.79 Å². The highest BCUT2D eigenvalue weighted by molar-refractivity contribution is 5.85. The normalized spacial score (nSPS) is 9.42. The molecule has 0 aliphatic carbocycles. The fraction of sp³-hybridized carbons (Fsp3) is 0.294. The van der Waals surface area contributed by atoms with Gasteiger partial charge < -0.3 is 16.0 Å². The number of anilines is 2. The van der Waals surface area contributed by atoms with Gasteiger partial charge in [-0.15, -0.1) is 24.8 Å². The van der Waals surface area contributed by atoms with Crippen LogP contribution in [0.25, 0.3) is 0 Å². The summed E-state index contributed by atoms with van der Waals surface area (Å²) < 4.78 is 0. The van der Waals surface area contributed by atoms with E-state index in [0.29, 0.717) is 19.4 Å². The van der Waals surface area contributed by atoms with Crippen LogP contribution in [0.2, 0.25) is 0 Å². The average molecular weight is 371 g/mol. The molecule has 0 aliphatic rings. The van der Waals surface area contributed by atoms with E-state index in [4.69, 9.17) is 5.73 Å². The lowest BCUT2D eigenvalue weighted by Crippen LogP contribution is -2.24. The van der Waals surface area contributed by atoms with E-state index in [0.717, 1.165) is 22.6 Å². The molecule has 0 saturated heterocycles. The van der Waals surface area contributed by atoms with Crippen LogP contribution in [0.5, 0.6) is 0 Å². The number of nitrogens with two attached hydrogens (primary N) is 1. The van der Waals surface area contributed by atoms with Crippen molar-refractivity contribution in [2.24, 2.45) is 0 Å². The second-order valence-electron chi connectivity index (χ2n) is 5.36. The molecule has 0 radical (unpaired) electrons. The van der Waals surface area contributed by atoms with E-state index in [1.54, 1.807) is 6.20 Å². The molecule has 24 heavy (non-hydrogen) atoms. The summed E-state index contributed by atoms with van der Waals surface area (Å²) in [5.74, 6) is 0.881. The number of benzene rings is 1. The van der Waals surface area contributed by atoms with Crippen molar-refractivity contribution >= 4 is 42.2 Å². The number of hydrogen-bond acceptors (Lipinski definition) is 4. The number of aryl methyl sites for hydroxylation is 1. The van der Waals surface area contributed by atoms with Crippen molar-refractivity contribution in [2.45, 2.75) is 19.4 Å². The number of carbonyl (C=O) groups excluding carboxylic acids is 1. The number of nitrogens with one attached hydrogen (secondary N) is 1. The third kappa shape index (κ3) is 6.26. The molecule has 1 amide bonds. The third-order valence-corrected chi connectivity index (χ3v) is 3.44. The SMILES string of the molecule is CN(C)c1ncccc1CNC(=O)CCc1ccccc1N.Cl.Cl.